The standard InChI is InChI=1S/C38H30N4/c1-5-33-35(6-2)41(3)37(39-33)27-21-17-25(18-22-27)29-11-9-14-32-30(12-10-13-31(29)32)26-19-23-28(24-20-26)38-40-34-15-7-8-16-36(34)42(38)4/h5-24H,1-2H2,3-4H3. The SMILES string of the molecule is C=Cc1nc(-c2ccc(-c3cccc4c(-c5ccc(-c6nc7ccccc7n6C)cc5)cccc34)cc2)n(C)c1C=C. The molecule has 0 unspecified atom stereocenters. The summed E-state index contributed by atoms with van der Waals surface area (Å²) in [5.74, 6) is 1.87. The lowest BCUT2D eigenvalue weighted by molar-refractivity contribution is 0.913. The molecule has 0 fully saturated rings. The molecule has 7 rings (SSSR count). The smallest absolute Gasteiger partial charge is 0.140 e. The van der Waals surface area contributed by atoms with E-state index in [0.717, 1.165) is 45.2 Å². The maximum absolute atomic E-state index is 4.87. The predicted octanol–water partition coefficient (Wildman–Crippen LogP) is 9.41. The molecule has 42 heavy (non-hydrogen) atoms. The topological polar surface area (TPSA) is 35.6 Å². The number of benzene rings is 5. The molecule has 2 aromatic heterocycles. The van der Waals surface area contributed by atoms with E-state index in [1.807, 2.05) is 19.2 Å². The summed E-state index contributed by atoms with van der Waals surface area (Å²) in [4.78, 5) is 9.65. The molecule has 5 aromatic carbocycles. The zero-order valence-electron chi connectivity index (χ0n) is 23.8. The fraction of sp³-hybridized carbons (Fsp3) is 0.0526. The number of hydrogen-bond acceptors (Lipinski definition) is 2. The minimum absolute atomic E-state index is 0.842. The Bertz CT molecular complexity index is 2120. The van der Waals surface area contributed by atoms with E-state index in [1.165, 1.54) is 33.0 Å². The summed E-state index contributed by atoms with van der Waals surface area (Å²) in [6.07, 6.45) is 3.60. The van der Waals surface area contributed by atoms with Crippen molar-refractivity contribution in [1.82, 2.24) is 19.1 Å². The summed E-state index contributed by atoms with van der Waals surface area (Å²) >= 11 is 0. The third-order valence-corrected chi connectivity index (χ3v) is 8.17. The highest BCUT2D eigenvalue weighted by Gasteiger charge is 2.14. The van der Waals surface area contributed by atoms with Gasteiger partial charge in [0.05, 0.1) is 22.4 Å². The van der Waals surface area contributed by atoms with Crippen molar-refractivity contribution in [3.8, 4) is 45.0 Å². The van der Waals surface area contributed by atoms with Crippen LogP contribution in [-0.2, 0) is 14.1 Å². The van der Waals surface area contributed by atoms with Gasteiger partial charge in [0.25, 0.3) is 0 Å². The molecule has 202 valence electrons. The van der Waals surface area contributed by atoms with E-state index in [2.05, 4.69) is 132 Å². The normalized spacial score (nSPS) is 11.3. The molecule has 0 aliphatic rings. The molecular formula is C38H30N4. The van der Waals surface area contributed by atoms with Crippen molar-refractivity contribution in [2.24, 2.45) is 14.1 Å². The number of aromatic nitrogens is 4. The first kappa shape index (κ1) is 25.5. The molecule has 0 N–H and O–H groups in total. The second-order valence-electron chi connectivity index (χ2n) is 10.5. The molecule has 0 radical (unpaired) electrons. The van der Waals surface area contributed by atoms with Gasteiger partial charge in [0, 0.05) is 25.2 Å². The summed E-state index contributed by atoms with van der Waals surface area (Å²) in [6.45, 7) is 7.84. The minimum atomic E-state index is 0.842. The van der Waals surface area contributed by atoms with E-state index in [9.17, 15) is 0 Å². The maximum atomic E-state index is 4.87. The Labute approximate surface area is 245 Å². The summed E-state index contributed by atoms with van der Waals surface area (Å²) in [5.41, 5.74) is 10.9. The fourth-order valence-corrected chi connectivity index (χ4v) is 6.00. The highest BCUT2D eigenvalue weighted by Crippen LogP contribution is 2.36. The van der Waals surface area contributed by atoms with Gasteiger partial charge in [-0.1, -0.05) is 110 Å². The van der Waals surface area contributed by atoms with Crippen LogP contribution < -0.4 is 0 Å². The van der Waals surface area contributed by atoms with Crippen molar-refractivity contribution in [2.75, 3.05) is 0 Å². The van der Waals surface area contributed by atoms with Gasteiger partial charge in [0.1, 0.15) is 11.6 Å². The molecule has 0 spiro atoms. The zero-order valence-corrected chi connectivity index (χ0v) is 23.8. The van der Waals surface area contributed by atoms with E-state index in [0.29, 0.717) is 0 Å². The minimum Gasteiger partial charge on any atom is -0.327 e. The lowest BCUT2D eigenvalue weighted by Gasteiger charge is -2.12. The van der Waals surface area contributed by atoms with Crippen LogP contribution in [0.4, 0.5) is 0 Å². The van der Waals surface area contributed by atoms with E-state index >= 15 is 0 Å². The number of nitrogens with zero attached hydrogens (tertiary/aromatic N) is 4. The molecule has 0 atom stereocenters. The van der Waals surface area contributed by atoms with Crippen molar-refractivity contribution in [1.29, 1.82) is 0 Å². The predicted molar refractivity (Wildman–Crippen MR) is 177 cm³/mol. The van der Waals surface area contributed by atoms with Crippen LogP contribution >= 0.6 is 0 Å². The van der Waals surface area contributed by atoms with Gasteiger partial charge in [0.15, 0.2) is 0 Å². The van der Waals surface area contributed by atoms with Crippen LogP contribution in [0.5, 0.6) is 0 Å². The van der Waals surface area contributed by atoms with Gasteiger partial charge in [-0.2, -0.15) is 0 Å². The third kappa shape index (κ3) is 4.08. The largest absolute Gasteiger partial charge is 0.327 e. The maximum Gasteiger partial charge on any atom is 0.140 e. The van der Waals surface area contributed by atoms with Crippen LogP contribution in [0.15, 0.2) is 122 Å². The Morgan fingerprint density at radius 2 is 1.05 bits per heavy atom. The van der Waals surface area contributed by atoms with Crippen LogP contribution in [0.1, 0.15) is 11.4 Å². The zero-order chi connectivity index (χ0) is 28.8. The Hall–Kier alpha value is -5.48. The molecule has 0 aliphatic carbocycles. The van der Waals surface area contributed by atoms with E-state index in [1.54, 1.807) is 6.08 Å². The summed E-state index contributed by atoms with van der Waals surface area (Å²) in [6, 6.07) is 38.8. The third-order valence-electron chi connectivity index (χ3n) is 8.17. The van der Waals surface area contributed by atoms with Crippen LogP contribution in [0.3, 0.4) is 0 Å². The summed E-state index contributed by atoms with van der Waals surface area (Å²) in [5, 5.41) is 2.45. The van der Waals surface area contributed by atoms with Crippen molar-refractivity contribution in [3.63, 3.8) is 0 Å². The highest BCUT2D eigenvalue weighted by atomic mass is 15.1. The van der Waals surface area contributed by atoms with Crippen LogP contribution in [0.25, 0.3) is 79.0 Å². The molecule has 0 bridgehead atoms. The second-order valence-corrected chi connectivity index (χ2v) is 10.5. The number of rotatable bonds is 6. The summed E-state index contributed by atoms with van der Waals surface area (Å²) < 4.78 is 4.22. The molecule has 7 aromatic rings. The Morgan fingerprint density at radius 1 is 0.524 bits per heavy atom. The molecular weight excluding hydrogens is 512 g/mol. The van der Waals surface area contributed by atoms with Gasteiger partial charge in [-0.05, 0) is 57.3 Å². The van der Waals surface area contributed by atoms with Crippen LogP contribution in [0, 0.1) is 0 Å². The Balaban J connectivity index is 1.25. The van der Waals surface area contributed by atoms with Crippen molar-refractivity contribution in [3.05, 3.63) is 134 Å². The van der Waals surface area contributed by atoms with Crippen molar-refractivity contribution < 1.29 is 0 Å². The lowest BCUT2D eigenvalue weighted by atomic mass is 9.92. The molecule has 2 heterocycles. The first-order valence-corrected chi connectivity index (χ1v) is 14.0. The van der Waals surface area contributed by atoms with Gasteiger partial charge in [0.2, 0.25) is 0 Å². The van der Waals surface area contributed by atoms with Gasteiger partial charge in [-0.3, -0.25) is 0 Å². The van der Waals surface area contributed by atoms with Crippen LogP contribution in [0.2, 0.25) is 0 Å². The summed E-state index contributed by atoms with van der Waals surface area (Å²) in [7, 11) is 4.09. The Morgan fingerprint density at radius 3 is 1.55 bits per heavy atom. The first-order chi connectivity index (χ1) is 20.6. The number of fused-ring (bicyclic) bond motifs is 2. The van der Waals surface area contributed by atoms with Crippen molar-refractivity contribution >= 4 is 34.0 Å². The molecule has 4 heteroatoms. The number of imidazole rings is 2. The number of hydrogen-bond donors (Lipinski definition) is 0. The second kappa shape index (κ2) is 10.2. The number of aryl methyl sites for hydroxylation is 1. The Kier molecular flexibility index (Phi) is 6.17. The highest BCUT2D eigenvalue weighted by molar-refractivity contribution is 6.04. The number of para-hydroxylation sites is 2. The molecule has 0 saturated heterocycles. The lowest BCUT2D eigenvalue weighted by Crippen LogP contribution is -1.95. The molecule has 4 nitrogen and oxygen atoms in total. The van der Waals surface area contributed by atoms with E-state index in [-0.39, 0.29) is 0 Å². The van der Waals surface area contributed by atoms with E-state index < -0.39 is 0 Å². The van der Waals surface area contributed by atoms with Gasteiger partial charge < -0.3 is 9.13 Å². The monoisotopic (exact) mass is 542 g/mol. The molecule has 0 saturated carbocycles. The van der Waals surface area contributed by atoms with Gasteiger partial charge in [-0.25, -0.2) is 9.97 Å². The van der Waals surface area contributed by atoms with Gasteiger partial charge in [-0.15, -0.1) is 0 Å². The average molecular weight is 543 g/mol. The molecule has 0 amide bonds. The van der Waals surface area contributed by atoms with E-state index in [4.69, 9.17) is 9.97 Å². The first-order valence-electron chi connectivity index (χ1n) is 14.0. The fourth-order valence-electron chi connectivity index (χ4n) is 6.00. The molecule has 0 aliphatic heterocycles. The quantitative estimate of drug-likeness (QED) is 0.210. The van der Waals surface area contributed by atoms with Gasteiger partial charge >= 0.3 is 0 Å². The van der Waals surface area contributed by atoms with Crippen LogP contribution in [-0.4, -0.2) is 19.1 Å². The average Bonchev–Trinajstić information content (AvgIpc) is 3.56. The van der Waals surface area contributed by atoms with Crippen molar-refractivity contribution in [2.45, 2.75) is 0 Å².